The summed E-state index contributed by atoms with van der Waals surface area (Å²) in [6.07, 6.45) is 4.31. The number of amides is 1. The summed E-state index contributed by atoms with van der Waals surface area (Å²) in [5.74, 6) is -0.447. The van der Waals surface area contributed by atoms with Crippen molar-refractivity contribution in [3.05, 3.63) is 63.7 Å². The summed E-state index contributed by atoms with van der Waals surface area (Å²) in [7, 11) is 0. The minimum absolute atomic E-state index is 0.0304. The Labute approximate surface area is 123 Å². The van der Waals surface area contributed by atoms with Crippen molar-refractivity contribution in [2.45, 2.75) is 0 Å². The Kier molecular flexibility index (Phi) is 3.37. The molecule has 2 N–H and O–H groups in total. The van der Waals surface area contributed by atoms with E-state index in [1.54, 1.807) is 24.3 Å². The summed E-state index contributed by atoms with van der Waals surface area (Å²) in [4.78, 5) is 35.1. The van der Waals surface area contributed by atoms with Crippen LogP contribution in [-0.2, 0) is 0 Å². The molecule has 0 aliphatic rings. The van der Waals surface area contributed by atoms with Crippen molar-refractivity contribution in [2.24, 2.45) is 0 Å². The SMILES string of the molecule is O=C(Nc1ncccn1)c1c[nH]c2c(Cl)cccc2c1=O. The number of aromatic nitrogens is 3. The van der Waals surface area contributed by atoms with Crippen molar-refractivity contribution >= 4 is 34.4 Å². The highest BCUT2D eigenvalue weighted by Crippen LogP contribution is 2.18. The Morgan fingerprint density at radius 2 is 1.95 bits per heavy atom. The maximum absolute atomic E-state index is 12.3. The number of hydrogen-bond donors (Lipinski definition) is 2. The van der Waals surface area contributed by atoms with Gasteiger partial charge in [-0.3, -0.25) is 14.9 Å². The predicted octanol–water partition coefficient (Wildman–Crippen LogP) is 2.22. The molecule has 1 amide bonds. The van der Waals surface area contributed by atoms with Crippen molar-refractivity contribution in [1.82, 2.24) is 15.0 Å². The zero-order valence-corrected chi connectivity index (χ0v) is 11.4. The van der Waals surface area contributed by atoms with Gasteiger partial charge in [0.05, 0.1) is 10.5 Å². The number of pyridine rings is 1. The molecule has 3 rings (SSSR count). The maximum Gasteiger partial charge on any atom is 0.263 e. The quantitative estimate of drug-likeness (QED) is 0.759. The highest BCUT2D eigenvalue weighted by molar-refractivity contribution is 6.35. The first kappa shape index (κ1) is 13.3. The minimum atomic E-state index is -0.579. The fourth-order valence-electron chi connectivity index (χ4n) is 1.92. The molecule has 0 unspecified atom stereocenters. The van der Waals surface area contributed by atoms with Gasteiger partial charge in [0.2, 0.25) is 11.4 Å². The van der Waals surface area contributed by atoms with Gasteiger partial charge in [0.1, 0.15) is 5.56 Å². The summed E-state index contributed by atoms with van der Waals surface area (Å²) in [5.41, 5.74) is 0.0635. The van der Waals surface area contributed by atoms with Gasteiger partial charge >= 0.3 is 0 Å². The number of nitrogens with zero attached hydrogens (tertiary/aromatic N) is 2. The van der Waals surface area contributed by atoms with Crippen molar-refractivity contribution in [3.8, 4) is 0 Å². The van der Waals surface area contributed by atoms with E-state index in [2.05, 4.69) is 20.3 Å². The molecule has 2 heterocycles. The molecular weight excluding hydrogens is 292 g/mol. The highest BCUT2D eigenvalue weighted by Gasteiger charge is 2.14. The number of carbonyl (C=O) groups excluding carboxylic acids is 1. The van der Waals surface area contributed by atoms with Crippen LogP contribution in [-0.4, -0.2) is 20.9 Å². The Hall–Kier alpha value is -2.73. The number of carbonyl (C=O) groups is 1. The molecule has 0 aliphatic carbocycles. The number of nitrogens with one attached hydrogen (secondary N) is 2. The smallest absolute Gasteiger partial charge is 0.263 e. The van der Waals surface area contributed by atoms with Crippen LogP contribution in [0.1, 0.15) is 10.4 Å². The molecule has 6 nitrogen and oxygen atoms in total. The summed E-state index contributed by atoms with van der Waals surface area (Å²) >= 11 is 6.00. The zero-order valence-electron chi connectivity index (χ0n) is 10.6. The monoisotopic (exact) mass is 300 g/mol. The summed E-state index contributed by atoms with van der Waals surface area (Å²) in [6.45, 7) is 0. The van der Waals surface area contributed by atoms with Crippen molar-refractivity contribution in [3.63, 3.8) is 0 Å². The Morgan fingerprint density at radius 1 is 1.19 bits per heavy atom. The number of fused-ring (bicyclic) bond motifs is 1. The van der Waals surface area contributed by atoms with Crippen LogP contribution in [0.15, 0.2) is 47.7 Å². The standard InChI is InChI=1S/C14H9ClN4O2/c15-10-4-1-3-8-11(10)18-7-9(12(8)20)13(21)19-14-16-5-2-6-17-14/h1-7H,(H,18,20)(H,16,17,19,21). The molecule has 0 bridgehead atoms. The third kappa shape index (κ3) is 2.48. The number of aromatic amines is 1. The number of hydrogen-bond acceptors (Lipinski definition) is 4. The lowest BCUT2D eigenvalue weighted by molar-refractivity contribution is 0.102. The van der Waals surface area contributed by atoms with Gasteiger partial charge < -0.3 is 4.98 Å². The summed E-state index contributed by atoms with van der Waals surface area (Å²) in [6, 6.07) is 6.55. The first-order valence-electron chi connectivity index (χ1n) is 6.05. The van der Waals surface area contributed by atoms with Crippen molar-refractivity contribution in [1.29, 1.82) is 0 Å². The van der Waals surface area contributed by atoms with Crippen molar-refractivity contribution < 1.29 is 4.79 Å². The van der Waals surface area contributed by atoms with Crippen LogP contribution in [0.25, 0.3) is 10.9 Å². The lowest BCUT2D eigenvalue weighted by atomic mass is 10.1. The average molecular weight is 301 g/mol. The second-order valence-electron chi connectivity index (χ2n) is 4.22. The number of anilines is 1. The molecule has 0 atom stereocenters. The summed E-state index contributed by atoms with van der Waals surface area (Å²) < 4.78 is 0. The lowest BCUT2D eigenvalue weighted by Crippen LogP contribution is -2.22. The second kappa shape index (κ2) is 5.34. The molecule has 0 radical (unpaired) electrons. The minimum Gasteiger partial charge on any atom is -0.359 e. The van der Waals surface area contributed by atoms with E-state index in [1.165, 1.54) is 18.6 Å². The molecule has 0 saturated carbocycles. The zero-order chi connectivity index (χ0) is 14.8. The van der Waals surface area contributed by atoms with Gasteiger partial charge in [0, 0.05) is 24.0 Å². The third-order valence-corrected chi connectivity index (χ3v) is 3.21. The van der Waals surface area contributed by atoms with Gasteiger partial charge in [0.25, 0.3) is 5.91 Å². The van der Waals surface area contributed by atoms with Gasteiger partial charge in [-0.25, -0.2) is 9.97 Å². The average Bonchev–Trinajstić information content (AvgIpc) is 2.49. The van der Waals surface area contributed by atoms with Crippen LogP contribution in [0.3, 0.4) is 0 Å². The second-order valence-corrected chi connectivity index (χ2v) is 4.63. The van der Waals surface area contributed by atoms with Gasteiger partial charge in [0.15, 0.2) is 0 Å². The summed E-state index contributed by atoms with van der Waals surface area (Å²) in [5, 5.41) is 3.23. The Bertz CT molecular complexity index is 877. The Balaban J connectivity index is 2.03. The number of rotatable bonds is 2. The van der Waals surface area contributed by atoms with Crippen LogP contribution in [0.4, 0.5) is 5.95 Å². The van der Waals surface area contributed by atoms with E-state index < -0.39 is 11.3 Å². The molecule has 3 aromatic rings. The number of benzene rings is 1. The van der Waals surface area contributed by atoms with Crippen LogP contribution in [0, 0.1) is 0 Å². The first-order valence-corrected chi connectivity index (χ1v) is 6.43. The van der Waals surface area contributed by atoms with Gasteiger partial charge in [-0.2, -0.15) is 0 Å². The molecule has 0 aliphatic heterocycles. The normalized spacial score (nSPS) is 10.5. The van der Waals surface area contributed by atoms with Crippen LogP contribution in [0.2, 0.25) is 5.02 Å². The molecule has 2 aromatic heterocycles. The van der Waals surface area contributed by atoms with Gasteiger partial charge in [-0.15, -0.1) is 0 Å². The van der Waals surface area contributed by atoms with Crippen LogP contribution < -0.4 is 10.7 Å². The topological polar surface area (TPSA) is 87.7 Å². The fraction of sp³-hybridized carbons (Fsp3) is 0. The maximum atomic E-state index is 12.3. The lowest BCUT2D eigenvalue weighted by Gasteiger charge is -2.05. The molecule has 0 spiro atoms. The van der Waals surface area contributed by atoms with Gasteiger partial charge in [-0.1, -0.05) is 17.7 Å². The molecular formula is C14H9ClN4O2. The fourth-order valence-corrected chi connectivity index (χ4v) is 2.15. The number of halogens is 1. The highest BCUT2D eigenvalue weighted by atomic mass is 35.5. The van der Waals surface area contributed by atoms with Crippen LogP contribution >= 0.6 is 11.6 Å². The van der Waals surface area contributed by atoms with E-state index in [0.29, 0.717) is 15.9 Å². The van der Waals surface area contributed by atoms with E-state index in [-0.39, 0.29) is 11.5 Å². The van der Waals surface area contributed by atoms with E-state index in [0.717, 1.165) is 0 Å². The number of H-pyrrole nitrogens is 1. The predicted molar refractivity (Wildman–Crippen MR) is 79.6 cm³/mol. The van der Waals surface area contributed by atoms with Crippen LogP contribution in [0.5, 0.6) is 0 Å². The van der Waals surface area contributed by atoms with E-state index in [4.69, 9.17) is 11.6 Å². The largest absolute Gasteiger partial charge is 0.359 e. The molecule has 7 heteroatoms. The Morgan fingerprint density at radius 3 is 2.71 bits per heavy atom. The van der Waals surface area contributed by atoms with E-state index in [1.807, 2.05) is 0 Å². The first-order chi connectivity index (χ1) is 10.2. The number of para-hydroxylation sites is 1. The van der Waals surface area contributed by atoms with E-state index >= 15 is 0 Å². The molecule has 21 heavy (non-hydrogen) atoms. The van der Waals surface area contributed by atoms with Gasteiger partial charge in [-0.05, 0) is 18.2 Å². The molecule has 104 valence electrons. The molecule has 0 fully saturated rings. The molecule has 1 aromatic carbocycles. The third-order valence-electron chi connectivity index (χ3n) is 2.90. The molecule has 0 saturated heterocycles. The van der Waals surface area contributed by atoms with Crippen molar-refractivity contribution in [2.75, 3.05) is 5.32 Å². The van der Waals surface area contributed by atoms with E-state index in [9.17, 15) is 9.59 Å².